The highest BCUT2D eigenvalue weighted by molar-refractivity contribution is 7.85. The van der Waals surface area contributed by atoms with Gasteiger partial charge in [-0.05, 0) is 25.2 Å². The zero-order chi connectivity index (χ0) is 16.5. The third kappa shape index (κ3) is 4.19. The minimum atomic E-state index is -4.14. The fourth-order valence-corrected chi connectivity index (χ4v) is 3.63. The van der Waals surface area contributed by atoms with Gasteiger partial charge in [0.25, 0.3) is 10.1 Å². The van der Waals surface area contributed by atoms with Crippen molar-refractivity contribution in [2.75, 3.05) is 12.4 Å². The van der Waals surface area contributed by atoms with Crippen LogP contribution in [0.1, 0.15) is 33.1 Å². The molecule has 2 aliphatic carbocycles. The van der Waals surface area contributed by atoms with E-state index in [9.17, 15) is 18.0 Å². The molecule has 1 N–H and O–H groups in total. The smallest absolute Gasteiger partial charge is 0.309 e. The molecule has 2 aliphatic rings. The van der Waals surface area contributed by atoms with Gasteiger partial charge in [0, 0.05) is 5.92 Å². The molecule has 2 rings (SSSR count). The lowest BCUT2D eigenvalue weighted by Crippen LogP contribution is -2.35. The largest absolute Gasteiger partial charge is 0.464 e. The van der Waals surface area contributed by atoms with Crippen LogP contribution in [0.3, 0.4) is 0 Å². The first kappa shape index (κ1) is 17.2. The first-order valence-electron chi connectivity index (χ1n) is 7.49. The Balaban J connectivity index is 1.88. The SMILES string of the molecule is CC(C)C(=O)OC1CC2CC(C(=O)OCCS(=O)(=O)O)C1C2. The van der Waals surface area contributed by atoms with E-state index in [0.717, 1.165) is 12.8 Å². The molecule has 4 atom stereocenters. The summed E-state index contributed by atoms with van der Waals surface area (Å²) in [5, 5.41) is 0. The number of hydrogen-bond donors (Lipinski definition) is 1. The van der Waals surface area contributed by atoms with Gasteiger partial charge in [0.15, 0.2) is 0 Å². The fourth-order valence-electron chi connectivity index (χ4n) is 3.33. The van der Waals surface area contributed by atoms with Crippen LogP contribution in [0.4, 0.5) is 0 Å². The maximum atomic E-state index is 12.0. The number of carbonyl (C=O) groups excluding carboxylic acids is 2. The molecule has 2 bridgehead atoms. The van der Waals surface area contributed by atoms with Gasteiger partial charge < -0.3 is 9.47 Å². The monoisotopic (exact) mass is 334 g/mol. The first-order valence-corrected chi connectivity index (χ1v) is 9.10. The fraction of sp³-hybridized carbons (Fsp3) is 0.857. The summed E-state index contributed by atoms with van der Waals surface area (Å²) >= 11 is 0. The highest BCUT2D eigenvalue weighted by Crippen LogP contribution is 2.50. The Bertz CT molecular complexity index is 539. The van der Waals surface area contributed by atoms with E-state index < -0.39 is 21.8 Å². The molecular formula is C14H22O7S. The molecule has 2 saturated carbocycles. The van der Waals surface area contributed by atoms with Crippen molar-refractivity contribution in [1.29, 1.82) is 0 Å². The summed E-state index contributed by atoms with van der Waals surface area (Å²) in [5.74, 6) is -1.62. The lowest BCUT2D eigenvalue weighted by atomic mass is 9.86. The lowest BCUT2D eigenvalue weighted by Gasteiger charge is -2.28. The molecule has 126 valence electrons. The molecular weight excluding hydrogens is 312 g/mol. The quantitative estimate of drug-likeness (QED) is 0.571. The maximum absolute atomic E-state index is 12.0. The lowest BCUT2D eigenvalue weighted by molar-refractivity contribution is -0.162. The minimum Gasteiger partial charge on any atom is -0.464 e. The average molecular weight is 334 g/mol. The van der Waals surface area contributed by atoms with Gasteiger partial charge in [0.1, 0.15) is 18.5 Å². The second-order valence-electron chi connectivity index (χ2n) is 6.43. The van der Waals surface area contributed by atoms with Gasteiger partial charge >= 0.3 is 11.9 Å². The van der Waals surface area contributed by atoms with E-state index in [1.54, 1.807) is 13.8 Å². The summed E-state index contributed by atoms with van der Waals surface area (Å²) in [7, 11) is -4.14. The van der Waals surface area contributed by atoms with Crippen LogP contribution in [0.5, 0.6) is 0 Å². The van der Waals surface area contributed by atoms with Crippen LogP contribution in [0.15, 0.2) is 0 Å². The van der Waals surface area contributed by atoms with Crippen molar-refractivity contribution in [3.05, 3.63) is 0 Å². The second-order valence-corrected chi connectivity index (χ2v) is 8.00. The molecule has 4 unspecified atom stereocenters. The van der Waals surface area contributed by atoms with E-state index in [1.165, 1.54) is 0 Å². The molecule has 0 amide bonds. The molecule has 0 aromatic rings. The molecule has 0 aliphatic heterocycles. The van der Waals surface area contributed by atoms with Crippen LogP contribution in [-0.4, -0.2) is 43.4 Å². The van der Waals surface area contributed by atoms with Gasteiger partial charge in [-0.25, -0.2) is 0 Å². The van der Waals surface area contributed by atoms with Crippen LogP contribution in [-0.2, 0) is 29.2 Å². The normalized spacial score (nSPS) is 30.5. The maximum Gasteiger partial charge on any atom is 0.309 e. The van der Waals surface area contributed by atoms with E-state index in [-0.39, 0.29) is 36.4 Å². The number of hydrogen-bond acceptors (Lipinski definition) is 6. The van der Waals surface area contributed by atoms with Crippen molar-refractivity contribution in [3.63, 3.8) is 0 Å². The molecule has 2 fully saturated rings. The van der Waals surface area contributed by atoms with Crippen molar-refractivity contribution in [1.82, 2.24) is 0 Å². The summed E-state index contributed by atoms with van der Waals surface area (Å²) in [4.78, 5) is 23.7. The number of esters is 2. The average Bonchev–Trinajstić information content (AvgIpc) is 2.96. The van der Waals surface area contributed by atoms with E-state index in [4.69, 9.17) is 14.0 Å². The van der Waals surface area contributed by atoms with E-state index >= 15 is 0 Å². The molecule has 8 heteroatoms. The summed E-state index contributed by atoms with van der Waals surface area (Å²) in [6.07, 6.45) is 2.03. The molecule has 0 aromatic heterocycles. The summed E-state index contributed by atoms with van der Waals surface area (Å²) in [6.45, 7) is 3.16. The van der Waals surface area contributed by atoms with Crippen LogP contribution >= 0.6 is 0 Å². The van der Waals surface area contributed by atoms with E-state index in [1.807, 2.05) is 0 Å². The predicted octanol–water partition coefficient (Wildman–Crippen LogP) is 1.03. The molecule has 0 aromatic carbocycles. The van der Waals surface area contributed by atoms with Crippen molar-refractivity contribution in [2.45, 2.75) is 39.2 Å². The molecule has 0 heterocycles. The molecule has 22 heavy (non-hydrogen) atoms. The first-order chi connectivity index (χ1) is 10.2. The van der Waals surface area contributed by atoms with Crippen LogP contribution in [0.2, 0.25) is 0 Å². The van der Waals surface area contributed by atoms with Crippen molar-refractivity contribution in [3.8, 4) is 0 Å². The summed E-state index contributed by atoms with van der Waals surface area (Å²) in [5.41, 5.74) is 0. The van der Waals surface area contributed by atoms with Crippen LogP contribution < -0.4 is 0 Å². The zero-order valence-electron chi connectivity index (χ0n) is 12.7. The number of carbonyl (C=O) groups is 2. The Hall–Kier alpha value is -1.15. The molecule has 0 radical (unpaired) electrons. The Morgan fingerprint density at radius 2 is 1.91 bits per heavy atom. The Morgan fingerprint density at radius 3 is 2.45 bits per heavy atom. The van der Waals surface area contributed by atoms with Gasteiger partial charge in [-0.2, -0.15) is 8.42 Å². The van der Waals surface area contributed by atoms with Gasteiger partial charge in [-0.3, -0.25) is 14.1 Å². The standard InChI is InChI=1S/C14H22O7S/c1-8(2)13(15)21-12-7-9-5-10(12)11(6-9)14(16)20-3-4-22(17,18)19/h8-12H,3-7H2,1-2H3,(H,17,18,19). The van der Waals surface area contributed by atoms with Gasteiger partial charge in [-0.1, -0.05) is 13.8 Å². The molecule has 0 saturated heterocycles. The Labute approximate surface area is 130 Å². The summed E-state index contributed by atoms with van der Waals surface area (Å²) in [6, 6.07) is 0. The van der Waals surface area contributed by atoms with E-state index in [0.29, 0.717) is 12.3 Å². The highest BCUT2D eigenvalue weighted by Gasteiger charge is 2.51. The number of rotatable bonds is 6. The second kappa shape index (κ2) is 6.54. The van der Waals surface area contributed by atoms with Crippen molar-refractivity contribution >= 4 is 22.1 Å². The zero-order valence-corrected chi connectivity index (χ0v) is 13.5. The number of ether oxygens (including phenoxy) is 2. The summed E-state index contributed by atoms with van der Waals surface area (Å²) < 4.78 is 40.2. The van der Waals surface area contributed by atoms with Gasteiger partial charge in [0.2, 0.25) is 0 Å². The Kier molecular flexibility index (Phi) is 5.11. The van der Waals surface area contributed by atoms with Crippen LogP contribution in [0.25, 0.3) is 0 Å². The van der Waals surface area contributed by atoms with Crippen molar-refractivity contribution in [2.24, 2.45) is 23.7 Å². The highest BCUT2D eigenvalue weighted by atomic mass is 32.2. The third-order valence-corrected chi connectivity index (χ3v) is 5.06. The number of fused-ring (bicyclic) bond motifs is 2. The predicted molar refractivity (Wildman–Crippen MR) is 76.4 cm³/mol. The molecule has 0 spiro atoms. The Morgan fingerprint density at radius 1 is 1.23 bits per heavy atom. The van der Waals surface area contributed by atoms with Gasteiger partial charge in [0.05, 0.1) is 11.8 Å². The molecule has 7 nitrogen and oxygen atoms in total. The van der Waals surface area contributed by atoms with Crippen LogP contribution in [0, 0.1) is 23.7 Å². The van der Waals surface area contributed by atoms with E-state index in [2.05, 4.69) is 0 Å². The topological polar surface area (TPSA) is 107 Å². The minimum absolute atomic E-state index is 0.0501. The van der Waals surface area contributed by atoms with Crippen molar-refractivity contribution < 1.29 is 32.0 Å². The van der Waals surface area contributed by atoms with Gasteiger partial charge in [-0.15, -0.1) is 0 Å². The third-order valence-electron chi connectivity index (χ3n) is 4.38.